The topological polar surface area (TPSA) is 26.7 Å². The Balaban J connectivity index is 1.62. The highest BCUT2D eigenvalue weighted by Crippen LogP contribution is 2.20. The van der Waals surface area contributed by atoms with Crippen LogP contribution < -0.4 is 0 Å². The zero-order chi connectivity index (χ0) is 18.4. The normalized spacial score (nSPS) is 19.0. The number of halogens is 1. The fourth-order valence-corrected chi connectivity index (χ4v) is 3.72. The molecule has 0 amide bonds. The van der Waals surface area contributed by atoms with Gasteiger partial charge in [-0.15, -0.1) is 0 Å². The van der Waals surface area contributed by atoms with Gasteiger partial charge in [0.1, 0.15) is 5.82 Å². The molecule has 0 aliphatic carbocycles. The van der Waals surface area contributed by atoms with Gasteiger partial charge in [-0.1, -0.05) is 49.4 Å². The molecular weight excluding hydrogens is 327 g/mol. The first-order chi connectivity index (χ1) is 12.7. The molecule has 3 rings (SSSR count). The van der Waals surface area contributed by atoms with E-state index < -0.39 is 0 Å². The number of rotatable bonds is 7. The van der Waals surface area contributed by atoms with Crippen LogP contribution in [-0.4, -0.2) is 47.2 Å². The second kappa shape index (κ2) is 9.26. The summed E-state index contributed by atoms with van der Waals surface area (Å²) in [6, 6.07) is 16.1. The van der Waals surface area contributed by atoms with Gasteiger partial charge in [0, 0.05) is 50.9 Å². The highest BCUT2D eigenvalue weighted by atomic mass is 19.1. The van der Waals surface area contributed by atoms with Crippen molar-refractivity contribution < 1.29 is 9.50 Å². The predicted octanol–water partition coefficient (Wildman–Crippen LogP) is 3.46. The lowest BCUT2D eigenvalue weighted by Gasteiger charge is -2.41. The minimum absolute atomic E-state index is 0.145. The zero-order valence-electron chi connectivity index (χ0n) is 15.6. The largest absolute Gasteiger partial charge is 0.396 e. The van der Waals surface area contributed by atoms with E-state index in [0.29, 0.717) is 6.54 Å². The lowest BCUT2D eigenvalue weighted by Crippen LogP contribution is -2.52. The predicted molar refractivity (Wildman–Crippen MR) is 103 cm³/mol. The van der Waals surface area contributed by atoms with Gasteiger partial charge in [0.2, 0.25) is 0 Å². The molecule has 1 aliphatic heterocycles. The summed E-state index contributed by atoms with van der Waals surface area (Å²) in [5, 5.41) is 9.47. The summed E-state index contributed by atoms with van der Waals surface area (Å²) in [6.45, 7) is 6.64. The number of hydrogen-bond acceptors (Lipinski definition) is 3. The van der Waals surface area contributed by atoms with Crippen molar-refractivity contribution in [3.05, 3.63) is 71.0 Å². The van der Waals surface area contributed by atoms with Gasteiger partial charge in [0.15, 0.2) is 0 Å². The van der Waals surface area contributed by atoms with E-state index in [1.165, 1.54) is 17.2 Å². The third-order valence-corrected chi connectivity index (χ3v) is 5.32. The lowest BCUT2D eigenvalue weighted by atomic mass is 10.0. The Morgan fingerprint density at radius 2 is 1.73 bits per heavy atom. The molecule has 1 N–H and O–H groups in total. The van der Waals surface area contributed by atoms with E-state index >= 15 is 0 Å². The van der Waals surface area contributed by atoms with Crippen LogP contribution in [0.1, 0.15) is 30.0 Å². The summed E-state index contributed by atoms with van der Waals surface area (Å²) >= 11 is 0. The van der Waals surface area contributed by atoms with Crippen molar-refractivity contribution in [2.24, 2.45) is 0 Å². The molecule has 0 bridgehead atoms. The fourth-order valence-electron chi connectivity index (χ4n) is 3.72. The quantitative estimate of drug-likeness (QED) is 0.823. The number of aliphatic hydroxyl groups excluding tert-OH is 1. The van der Waals surface area contributed by atoms with E-state index in [0.717, 1.165) is 44.6 Å². The number of hydrogen-bond donors (Lipinski definition) is 1. The average Bonchev–Trinajstić information content (AvgIpc) is 2.66. The zero-order valence-corrected chi connectivity index (χ0v) is 15.6. The van der Waals surface area contributed by atoms with E-state index in [2.05, 4.69) is 41.0 Å². The molecule has 1 saturated heterocycles. The molecule has 3 nitrogen and oxygen atoms in total. The van der Waals surface area contributed by atoms with E-state index in [1.54, 1.807) is 6.07 Å². The summed E-state index contributed by atoms with van der Waals surface area (Å²) in [6.07, 6.45) is 1.79. The summed E-state index contributed by atoms with van der Waals surface area (Å²) in [5.41, 5.74) is 3.42. The van der Waals surface area contributed by atoms with Crippen LogP contribution in [-0.2, 0) is 19.5 Å². The first-order valence-corrected chi connectivity index (χ1v) is 9.58. The number of nitrogens with zero attached hydrogens (tertiary/aromatic N) is 2. The monoisotopic (exact) mass is 356 g/mol. The van der Waals surface area contributed by atoms with Crippen molar-refractivity contribution in [3.8, 4) is 0 Å². The van der Waals surface area contributed by atoms with Crippen molar-refractivity contribution in [3.63, 3.8) is 0 Å². The van der Waals surface area contributed by atoms with Crippen molar-refractivity contribution in [1.29, 1.82) is 0 Å². The first kappa shape index (κ1) is 19.0. The molecule has 2 aromatic rings. The molecule has 4 heteroatoms. The molecule has 0 radical (unpaired) electrons. The number of benzene rings is 2. The number of aryl methyl sites for hydroxylation is 1. The minimum atomic E-state index is -0.145. The van der Waals surface area contributed by atoms with Gasteiger partial charge in [-0.25, -0.2) is 4.39 Å². The Morgan fingerprint density at radius 3 is 2.42 bits per heavy atom. The molecule has 1 heterocycles. The van der Waals surface area contributed by atoms with Crippen LogP contribution in [0, 0.1) is 5.82 Å². The maximum absolute atomic E-state index is 14.0. The van der Waals surface area contributed by atoms with Gasteiger partial charge in [-0.05, 0) is 30.0 Å². The van der Waals surface area contributed by atoms with Crippen molar-refractivity contribution >= 4 is 0 Å². The van der Waals surface area contributed by atoms with Gasteiger partial charge in [-0.3, -0.25) is 9.80 Å². The Hall–Kier alpha value is -1.75. The molecule has 0 aromatic heterocycles. The average molecular weight is 356 g/mol. The molecule has 1 aliphatic rings. The van der Waals surface area contributed by atoms with Crippen LogP contribution >= 0.6 is 0 Å². The number of piperazine rings is 1. The maximum atomic E-state index is 14.0. The molecular formula is C22H29FN2O. The Labute approximate surface area is 156 Å². The molecule has 0 spiro atoms. The van der Waals surface area contributed by atoms with Crippen LogP contribution in [0.15, 0.2) is 48.5 Å². The second-order valence-corrected chi connectivity index (χ2v) is 7.13. The Bertz CT molecular complexity index is 689. The summed E-state index contributed by atoms with van der Waals surface area (Å²) in [4.78, 5) is 4.75. The molecule has 0 saturated carbocycles. The smallest absolute Gasteiger partial charge is 0.127 e. The van der Waals surface area contributed by atoms with Gasteiger partial charge < -0.3 is 5.11 Å². The summed E-state index contributed by atoms with van der Waals surface area (Å²) in [5.74, 6) is -0.145. The number of aliphatic hydroxyl groups is 1. The van der Waals surface area contributed by atoms with E-state index in [4.69, 9.17) is 0 Å². The molecule has 26 heavy (non-hydrogen) atoms. The Morgan fingerprint density at radius 1 is 1.00 bits per heavy atom. The standard InChI is InChI=1S/C22H29FN2O/c1-2-18-7-9-19(10-8-18)15-24-12-13-25(21(17-24)11-14-26)16-20-5-3-4-6-22(20)23/h3-10,21,26H,2,11-17H2,1H3/t21-/m0/s1. The molecule has 0 unspecified atom stereocenters. The second-order valence-electron chi connectivity index (χ2n) is 7.13. The highest BCUT2D eigenvalue weighted by molar-refractivity contribution is 5.22. The molecule has 1 fully saturated rings. The van der Waals surface area contributed by atoms with Crippen LogP contribution in [0.25, 0.3) is 0 Å². The summed E-state index contributed by atoms with van der Waals surface area (Å²) in [7, 11) is 0. The Kier molecular flexibility index (Phi) is 6.78. The van der Waals surface area contributed by atoms with Crippen LogP contribution in [0.5, 0.6) is 0 Å². The SMILES string of the molecule is CCc1ccc(CN2CCN(Cc3ccccc3F)[C@@H](CCO)C2)cc1. The van der Waals surface area contributed by atoms with Crippen LogP contribution in [0.4, 0.5) is 4.39 Å². The van der Waals surface area contributed by atoms with Gasteiger partial charge in [0.25, 0.3) is 0 Å². The van der Waals surface area contributed by atoms with Crippen molar-refractivity contribution in [2.45, 2.75) is 38.9 Å². The van der Waals surface area contributed by atoms with Crippen molar-refractivity contribution in [1.82, 2.24) is 9.80 Å². The molecule has 2 aromatic carbocycles. The summed E-state index contributed by atoms with van der Waals surface area (Å²) < 4.78 is 14.0. The minimum Gasteiger partial charge on any atom is -0.396 e. The van der Waals surface area contributed by atoms with Crippen LogP contribution in [0.3, 0.4) is 0 Å². The fraction of sp³-hybridized carbons (Fsp3) is 0.455. The van der Waals surface area contributed by atoms with E-state index in [-0.39, 0.29) is 18.5 Å². The van der Waals surface area contributed by atoms with Gasteiger partial charge in [0.05, 0.1) is 0 Å². The maximum Gasteiger partial charge on any atom is 0.127 e. The third-order valence-electron chi connectivity index (χ3n) is 5.32. The third kappa shape index (κ3) is 4.91. The highest BCUT2D eigenvalue weighted by Gasteiger charge is 2.27. The van der Waals surface area contributed by atoms with Gasteiger partial charge in [-0.2, -0.15) is 0 Å². The first-order valence-electron chi connectivity index (χ1n) is 9.58. The van der Waals surface area contributed by atoms with E-state index in [9.17, 15) is 9.50 Å². The molecule has 140 valence electrons. The van der Waals surface area contributed by atoms with E-state index in [1.807, 2.05) is 12.1 Å². The van der Waals surface area contributed by atoms with Crippen molar-refractivity contribution in [2.75, 3.05) is 26.2 Å². The molecule has 1 atom stereocenters. The van der Waals surface area contributed by atoms with Crippen LogP contribution in [0.2, 0.25) is 0 Å². The lowest BCUT2D eigenvalue weighted by molar-refractivity contribution is 0.0493. The van der Waals surface area contributed by atoms with Gasteiger partial charge >= 0.3 is 0 Å².